The van der Waals surface area contributed by atoms with Crippen molar-refractivity contribution in [2.75, 3.05) is 0 Å². The minimum atomic E-state index is 0.369. The highest BCUT2D eigenvalue weighted by Crippen LogP contribution is 2.24. The van der Waals surface area contributed by atoms with Gasteiger partial charge in [0.2, 0.25) is 0 Å². The zero-order valence-corrected chi connectivity index (χ0v) is 12.2. The summed E-state index contributed by atoms with van der Waals surface area (Å²) in [5.41, 5.74) is 1.83. The maximum absolute atomic E-state index is 6.17. The standard InChI is InChI=1S/C13H13Cl2N5/c14-9-12-17-13-10(15)3-1-4-11(13)20(12)7-2-6-19-8-5-16-18-19/h1,3-5,8H,2,6-7,9H2. The Morgan fingerprint density at radius 3 is 2.85 bits per heavy atom. The van der Waals surface area contributed by atoms with Crippen molar-refractivity contribution in [2.45, 2.75) is 25.4 Å². The normalized spacial score (nSPS) is 11.3. The second-order valence-electron chi connectivity index (χ2n) is 4.44. The van der Waals surface area contributed by atoms with E-state index in [4.69, 9.17) is 23.2 Å². The summed E-state index contributed by atoms with van der Waals surface area (Å²) < 4.78 is 3.93. The maximum Gasteiger partial charge on any atom is 0.124 e. The highest BCUT2D eigenvalue weighted by Gasteiger charge is 2.11. The van der Waals surface area contributed by atoms with Crippen molar-refractivity contribution in [2.24, 2.45) is 0 Å². The van der Waals surface area contributed by atoms with E-state index in [-0.39, 0.29) is 0 Å². The van der Waals surface area contributed by atoms with Gasteiger partial charge in [0.05, 0.1) is 22.6 Å². The number of fused-ring (bicyclic) bond motifs is 1. The van der Waals surface area contributed by atoms with Gasteiger partial charge in [0.1, 0.15) is 11.3 Å². The molecule has 0 bridgehead atoms. The summed E-state index contributed by atoms with van der Waals surface area (Å²) >= 11 is 12.2. The number of alkyl halides is 1. The number of imidazole rings is 1. The van der Waals surface area contributed by atoms with Crippen LogP contribution in [0.15, 0.2) is 30.6 Å². The van der Waals surface area contributed by atoms with Crippen LogP contribution in [0.4, 0.5) is 0 Å². The predicted octanol–water partition coefficient (Wildman–Crippen LogP) is 3.11. The van der Waals surface area contributed by atoms with Crippen molar-refractivity contribution >= 4 is 34.2 Å². The minimum Gasteiger partial charge on any atom is -0.327 e. The molecular formula is C13H13Cl2N5. The van der Waals surface area contributed by atoms with E-state index in [1.54, 1.807) is 6.20 Å². The lowest BCUT2D eigenvalue weighted by atomic mass is 10.3. The van der Waals surface area contributed by atoms with Crippen LogP contribution in [0.25, 0.3) is 11.0 Å². The average molecular weight is 310 g/mol. The molecular weight excluding hydrogens is 297 g/mol. The minimum absolute atomic E-state index is 0.369. The van der Waals surface area contributed by atoms with Crippen LogP contribution < -0.4 is 0 Å². The molecule has 3 rings (SSSR count). The maximum atomic E-state index is 6.17. The van der Waals surface area contributed by atoms with Gasteiger partial charge in [-0.2, -0.15) is 0 Å². The van der Waals surface area contributed by atoms with Gasteiger partial charge >= 0.3 is 0 Å². The van der Waals surface area contributed by atoms with Crippen molar-refractivity contribution in [1.29, 1.82) is 0 Å². The van der Waals surface area contributed by atoms with Crippen molar-refractivity contribution in [3.63, 3.8) is 0 Å². The Kier molecular flexibility index (Phi) is 3.89. The van der Waals surface area contributed by atoms with Gasteiger partial charge in [-0.15, -0.1) is 16.7 Å². The predicted molar refractivity (Wildman–Crippen MR) is 78.9 cm³/mol. The summed E-state index contributed by atoms with van der Waals surface area (Å²) in [4.78, 5) is 4.51. The quantitative estimate of drug-likeness (QED) is 0.680. The highest BCUT2D eigenvalue weighted by molar-refractivity contribution is 6.34. The van der Waals surface area contributed by atoms with E-state index in [2.05, 4.69) is 19.9 Å². The molecule has 0 aliphatic rings. The first-order valence-electron chi connectivity index (χ1n) is 6.33. The van der Waals surface area contributed by atoms with E-state index >= 15 is 0 Å². The topological polar surface area (TPSA) is 48.5 Å². The molecule has 0 fully saturated rings. The molecule has 5 nitrogen and oxygen atoms in total. The van der Waals surface area contributed by atoms with Crippen LogP contribution in [-0.4, -0.2) is 24.5 Å². The fraction of sp³-hybridized carbons (Fsp3) is 0.308. The third-order valence-electron chi connectivity index (χ3n) is 3.17. The molecule has 0 aliphatic carbocycles. The van der Waals surface area contributed by atoms with Crippen LogP contribution in [0.3, 0.4) is 0 Å². The molecule has 0 radical (unpaired) electrons. The van der Waals surface area contributed by atoms with Crippen LogP contribution in [0.5, 0.6) is 0 Å². The van der Waals surface area contributed by atoms with E-state index in [9.17, 15) is 0 Å². The number of nitrogens with zero attached hydrogens (tertiary/aromatic N) is 5. The number of aryl methyl sites for hydroxylation is 2. The Balaban J connectivity index is 1.84. The lowest BCUT2D eigenvalue weighted by molar-refractivity contribution is 0.514. The number of para-hydroxylation sites is 1. The van der Waals surface area contributed by atoms with Gasteiger partial charge in [-0.05, 0) is 18.6 Å². The molecule has 0 N–H and O–H groups in total. The summed E-state index contributed by atoms with van der Waals surface area (Å²) in [5.74, 6) is 1.21. The molecule has 104 valence electrons. The smallest absolute Gasteiger partial charge is 0.124 e. The Morgan fingerprint density at radius 1 is 1.20 bits per heavy atom. The van der Waals surface area contributed by atoms with Gasteiger partial charge in [-0.3, -0.25) is 4.68 Å². The molecule has 3 aromatic rings. The van der Waals surface area contributed by atoms with Crippen molar-refractivity contribution in [3.8, 4) is 0 Å². The monoisotopic (exact) mass is 309 g/mol. The number of hydrogen-bond donors (Lipinski definition) is 0. The first kappa shape index (κ1) is 13.4. The molecule has 7 heteroatoms. The van der Waals surface area contributed by atoms with Crippen molar-refractivity contribution in [1.82, 2.24) is 24.5 Å². The lowest BCUT2D eigenvalue weighted by Crippen LogP contribution is -2.07. The van der Waals surface area contributed by atoms with E-state index < -0.39 is 0 Å². The second kappa shape index (κ2) is 5.81. The average Bonchev–Trinajstić information content (AvgIpc) is 3.08. The number of halogens is 2. The van der Waals surface area contributed by atoms with Gasteiger partial charge in [0.25, 0.3) is 0 Å². The number of benzene rings is 1. The molecule has 0 atom stereocenters. The molecule has 2 aromatic heterocycles. The summed E-state index contributed by atoms with van der Waals surface area (Å²) in [7, 11) is 0. The molecule has 0 aliphatic heterocycles. The van der Waals surface area contributed by atoms with Crippen LogP contribution in [0.2, 0.25) is 5.02 Å². The van der Waals surface area contributed by atoms with Gasteiger partial charge in [-0.1, -0.05) is 22.9 Å². The summed E-state index contributed by atoms with van der Waals surface area (Å²) in [6, 6.07) is 5.78. The Morgan fingerprint density at radius 2 is 2.10 bits per heavy atom. The third-order valence-corrected chi connectivity index (χ3v) is 3.71. The Labute approximate surface area is 126 Å². The van der Waals surface area contributed by atoms with E-state index in [0.717, 1.165) is 36.4 Å². The molecule has 0 spiro atoms. The number of aromatic nitrogens is 5. The van der Waals surface area contributed by atoms with Crippen molar-refractivity contribution < 1.29 is 0 Å². The zero-order chi connectivity index (χ0) is 13.9. The highest BCUT2D eigenvalue weighted by atomic mass is 35.5. The van der Waals surface area contributed by atoms with Crippen molar-refractivity contribution in [3.05, 3.63) is 41.4 Å². The van der Waals surface area contributed by atoms with E-state index in [1.165, 1.54) is 0 Å². The van der Waals surface area contributed by atoms with E-state index in [1.807, 2.05) is 29.1 Å². The lowest BCUT2D eigenvalue weighted by Gasteiger charge is -2.07. The van der Waals surface area contributed by atoms with Crippen LogP contribution >= 0.6 is 23.2 Å². The third kappa shape index (κ3) is 2.51. The van der Waals surface area contributed by atoms with Crippen LogP contribution in [0, 0.1) is 0 Å². The van der Waals surface area contributed by atoms with Gasteiger partial charge in [0.15, 0.2) is 0 Å². The molecule has 2 heterocycles. The Bertz CT molecular complexity index is 705. The van der Waals surface area contributed by atoms with E-state index in [0.29, 0.717) is 10.9 Å². The molecule has 0 amide bonds. The SMILES string of the molecule is ClCc1nc2c(Cl)cccc2n1CCCn1ccnn1. The first-order valence-corrected chi connectivity index (χ1v) is 7.24. The molecule has 20 heavy (non-hydrogen) atoms. The molecule has 0 saturated carbocycles. The largest absolute Gasteiger partial charge is 0.327 e. The first-order chi connectivity index (χ1) is 9.79. The summed E-state index contributed by atoms with van der Waals surface area (Å²) in [6.07, 6.45) is 4.45. The van der Waals surface area contributed by atoms with Crippen LogP contribution in [0.1, 0.15) is 12.2 Å². The van der Waals surface area contributed by atoms with Gasteiger partial charge in [0, 0.05) is 19.3 Å². The van der Waals surface area contributed by atoms with Gasteiger partial charge < -0.3 is 4.57 Å². The molecule has 0 saturated heterocycles. The fourth-order valence-corrected chi connectivity index (χ4v) is 2.67. The van der Waals surface area contributed by atoms with Crippen LogP contribution in [-0.2, 0) is 19.0 Å². The number of rotatable bonds is 5. The zero-order valence-electron chi connectivity index (χ0n) is 10.7. The molecule has 1 aromatic carbocycles. The Hall–Kier alpha value is -1.59. The molecule has 0 unspecified atom stereocenters. The van der Waals surface area contributed by atoms with Gasteiger partial charge in [-0.25, -0.2) is 4.98 Å². The summed E-state index contributed by atoms with van der Waals surface area (Å²) in [6.45, 7) is 1.63. The fourth-order valence-electron chi connectivity index (χ4n) is 2.26. The summed E-state index contributed by atoms with van der Waals surface area (Å²) in [5, 5.41) is 8.39. The number of hydrogen-bond acceptors (Lipinski definition) is 3. The second-order valence-corrected chi connectivity index (χ2v) is 5.12.